The van der Waals surface area contributed by atoms with E-state index >= 15 is 0 Å². The molecule has 1 unspecified atom stereocenters. The third-order valence-electron chi connectivity index (χ3n) is 1.02. The molecule has 0 amide bonds. The van der Waals surface area contributed by atoms with Crippen LogP contribution in [-0.4, -0.2) is 28.7 Å². The normalized spacial score (nSPS) is 13.2. The number of aliphatic hydroxyl groups excluding tert-OH is 2. The lowest BCUT2D eigenvalue weighted by Crippen LogP contribution is -2.08. The summed E-state index contributed by atoms with van der Waals surface area (Å²) in [5, 5.41) is 16.9. The first-order valence-corrected chi connectivity index (χ1v) is 2.97. The second kappa shape index (κ2) is 4.47. The van der Waals surface area contributed by atoms with Gasteiger partial charge in [-0.2, -0.15) is 0 Å². The van der Waals surface area contributed by atoms with Crippen molar-refractivity contribution in [1.29, 1.82) is 0 Å². The number of aliphatic hydroxyl groups is 2. The van der Waals surface area contributed by atoms with Gasteiger partial charge < -0.3 is 10.2 Å². The predicted octanol–water partition coefficient (Wildman–Crippen LogP) is -0.291. The minimum Gasteiger partial charge on any atom is -0.393 e. The van der Waals surface area contributed by atoms with Gasteiger partial charge in [0.25, 0.3) is 0 Å². The highest BCUT2D eigenvalue weighted by Crippen LogP contribution is 1.95. The van der Waals surface area contributed by atoms with Crippen molar-refractivity contribution in [2.24, 2.45) is 0 Å². The molecular formula is C6H12O3. The van der Waals surface area contributed by atoms with Crippen LogP contribution in [0.4, 0.5) is 0 Å². The fourth-order valence-electron chi connectivity index (χ4n) is 0.449. The zero-order chi connectivity index (χ0) is 7.28. The second-order valence-corrected chi connectivity index (χ2v) is 2.08. The van der Waals surface area contributed by atoms with Crippen molar-refractivity contribution in [3.05, 3.63) is 0 Å². The number of Topliss-reactive ketones (excluding diaryl/α,β-unsaturated/α-hetero) is 1. The maximum atomic E-state index is 10.4. The highest BCUT2D eigenvalue weighted by atomic mass is 16.3. The molecule has 0 aromatic rings. The van der Waals surface area contributed by atoms with Crippen LogP contribution in [0.2, 0.25) is 0 Å². The van der Waals surface area contributed by atoms with E-state index in [1.165, 1.54) is 0 Å². The van der Waals surface area contributed by atoms with Gasteiger partial charge >= 0.3 is 0 Å². The first-order chi connectivity index (χ1) is 4.16. The van der Waals surface area contributed by atoms with Gasteiger partial charge in [0.1, 0.15) is 6.61 Å². The fourth-order valence-corrected chi connectivity index (χ4v) is 0.449. The van der Waals surface area contributed by atoms with Crippen molar-refractivity contribution in [3.63, 3.8) is 0 Å². The lowest BCUT2D eigenvalue weighted by molar-refractivity contribution is -0.122. The molecule has 3 heteroatoms. The predicted molar refractivity (Wildman–Crippen MR) is 33.0 cm³/mol. The molecule has 0 aliphatic carbocycles. The zero-order valence-corrected chi connectivity index (χ0v) is 5.50. The molecule has 0 saturated heterocycles. The average Bonchev–Trinajstić information content (AvgIpc) is 1.83. The van der Waals surface area contributed by atoms with E-state index in [-0.39, 0.29) is 12.2 Å². The van der Waals surface area contributed by atoms with Crippen LogP contribution >= 0.6 is 0 Å². The molecule has 2 N–H and O–H groups in total. The Hall–Kier alpha value is -0.410. The fraction of sp³-hybridized carbons (Fsp3) is 0.833. The second-order valence-electron chi connectivity index (χ2n) is 2.08. The Balaban J connectivity index is 3.17. The number of hydrogen-bond donors (Lipinski definition) is 2. The lowest BCUT2D eigenvalue weighted by Gasteiger charge is -1.99. The van der Waals surface area contributed by atoms with Crippen LogP contribution in [0.5, 0.6) is 0 Å². The number of carbonyl (C=O) groups is 1. The number of ketones is 1. The smallest absolute Gasteiger partial charge is 0.158 e. The molecule has 0 fully saturated rings. The van der Waals surface area contributed by atoms with Gasteiger partial charge in [-0.1, -0.05) is 0 Å². The molecule has 0 aliphatic heterocycles. The van der Waals surface area contributed by atoms with Gasteiger partial charge in [0.05, 0.1) is 6.10 Å². The van der Waals surface area contributed by atoms with Crippen molar-refractivity contribution < 1.29 is 15.0 Å². The van der Waals surface area contributed by atoms with Gasteiger partial charge in [-0.3, -0.25) is 4.79 Å². The van der Waals surface area contributed by atoms with E-state index in [0.29, 0.717) is 6.42 Å². The Kier molecular flexibility index (Phi) is 4.26. The average molecular weight is 132 g/mol. The molecule has 0 spiro atoms. The van der Waals surface area contributed by atoms with Crippen LogP contribution in [-0.2, 0) is 4.79 Å². The first kappa shape index (κ1) is 8.59. The van der Waals surface area contributed by atoms with Crippen LogP contribution in [0.15, 0.2) is 0 Å². The molecule has 0 heterocycles. The maximum absolute atomic E-state index is 10.4. The Morgan fingerprint density at radius 3 is 2.56 bits per heavy atom. The summed E-state index contributed by atoms with van der Waals surface area (Å²) in [4.78, 5) is 10.4. The highest BCUT2D eigenvalue weighted by molar-refractivity contribution is 5.79. The molecule has 0 aromatic heterocycles. The summed E-state index contributed by atoms with van der Waals surface area (Å²) in [6.07, 6.45) is 0.272. The summed E-state index contributed by atoms with van der Waals surface area (Å²) in [7, 11) is 0. The zero-order valence-electron chi connectivity index (χ0n) is 5.50. The summed E-state index contributed by atoms with van der Waals surface area (Å²) in [6, 6.07) is 0. The summed E-state index contributed by atoms with van der Waals surface area (Å²) in [5.41, 5.74) is 0. The van der Waals surface area contributed by atoms with E-state index < -0.39 is 12.7 Å². The number of hydrogen-bond acceptors (Lipinski definition) is 3. The van der Waals surface area contributed by atoms with Crippen molar-refractivity contribution in [2.75, 3.05) is 6.61 Å². The Morgan fingerprint density at radius 2 is 2.22 bits per heavy atom. The summed E-state index contributed by atoms with van der Waals surface area (Å²) in [6.45, 7) is 1.21. The molecule has 0 bridgehead atoms. The van der Waals surface area contributed by atoms with E-state index in [4.69, 9.17) is 10.2 Å². The van der Waals surface area contributed by atoms with Gasteiger partial charge in [0, 0.05) is 6.42 Å². The van der Waals surface area contributed by atoms with Crippen LogP contribution in [0.3, 0.4) is 0 Å². The van der Waals surface area contributed by atoms with E-state index in [1.807, 2.05) is 0 Å². The molecular weight excluding hydrogens is 120 g/mol. The third kappa shape index (κ3) is 5.46. The SMILES string of the molecule is CC(O)CCC(=O)CO. The molecule has 9 heavy (non-hydrogen) atoms. The molecule has 0 rings (SSSR count). The van der Waals surface area contributed by atoms with E-state index in [0.717, 1.165) is 0 Å². The van der Waals surface area contributed by atoms with E-state index in [1.54, 1.807) is 6.92 Å². The van der Waals surface area contributed by atoms with Gasteiger partial charge in [-0.25, -0.2) is 0 Å². The van der Waals surface area contributed by atoms with Gasteiger partial charge in [-0.15, -0.1) is 0 Å². The highest BCUT2D eigenvalue weighted by Gasteiger charge is 2.01. The first-order valence-electron chi connectivity index (χ1n) is 2.97. The molecule has 0 aromatic carbocycles. The lowest BCUT2D eigenvalue weighted by atomic mass is 10.2. The topological polar surface area (TPSA) is 57.5 Å². The Bertz CT molecular complexity index is 88.3. The molecule has 3 nitrogen and oxygen atoms in total. The summed E-state index contributed by atoms with van der Waals surface area (Å²) < 4.78 is 0. The van der Waals surface area contributed by atoms with Crippen molar-refractivity contribution in [2.45, 2.75) is 25.9 Å². The number of carbonyl (C=O) groups excluding carboxylic acids is 1. The quantitative estimate of drug-likeness (QED) is 0.552. The summed E-state index contributed by atoms with van der Waals surface area (Å²) >= 11 is 0. The van der Waals surface area contributed by atoms with Crippen molar-refractivity contribution in [1.82, 2.24) is 0 Å². The van der Waals surface area contributed by atoms with Crippen molar-refractivity contribution in [3.8, 4) is 0 Å². The van der Waals surface area contributed by atoms with Crippen LogP contribution < -0.4 is 0 Å². The standard InChI is InChI=1S/C6H12O3/c1-5(8)2-3-6(9)4-7/h5,7-8H,2-4H2,1H3. The van der Waals surface area contributed by atoms with Crippen LogP contribution in [0.25, 0.3) is 0 Å². The monoisotopic (exact) mass is 132 g/mol. The molecule has 0 radical (unpaired) electrons. The third-order valence-corrected chi connectivity index (χ3v) is 1.02. The van der Waals surface area contributed by atoms with Gasteiger partial charge in [0.2, 0.25) is 0 Å². The number of rotatable bonds is 4. The minimum atomic E-state index is -0.444. The maximum Gasteiger partial charge on any atom is 0.158 e. The van der Waals surface area contributed by atoms with Gasteiger partial charge in [0.15, 0.2) is 5.78 Å². The van der Waals surface area contributed by atoms with Crippen molar-refractivity contribution >= 4 is 5.78 Å². The molecule has 1 atom stereocenters. The Labute approximate surface area is 54.3 Å². The van der Waals surface area contributed by atoms with Gasteiger partial charge in [-0.05, 0) is 13.3 Å². The molecule has 0 saturated carbocycles. The van der Waals surface area contributed by atoms with E-state index in [9.17, 15) is 4.79 Å². The largest absolute Gasteiger partial charge is 0.393 e. The summed E-state index contributed by atoms with van der Waals surface area (Å²) in [5.74, 6) is -0.212. The molecule has 0 aliphatic rings. The molecule has 54 valence electrons. The Morgan fingerprint density at radius 1 is 1.67 bits per heavy atom. The van der Waals surface area contributed by atoms with Crippen LogP contribution in [0, 0.1) is 0 Å². The minimum absolute atomic E-state index is 0.212. The van der Waals surface area contributed by atoms with E-state index in [2.05, 4.69) is 0 Å². The van der Waals surface area contributed by atoms with Crippen LogP contribution in [0.1, 0.15) is 19.8 Å².